The lowest BCUT2D eigenvalue weighted by Crippen LogP contribution is -2.49. The first kappa shape index (κ1) is 27.4. The zero-order chi connectivity index (χ0) is 29.1. The van der Waals surface area contributed by atoms with Gasteiger partial charge >= 0.3 is 0 Å². The molecular weight excluding hydrogens is 524 g/mol. The van der Waals surface area contributed by atoms with Crippen LogP contribution in [0.2, 0.25) is 0 Å². The molecule has 0 saturated carbocycles. The number of para-hydroxylation sites is 2. The summed E-state index contributed by atoms with van der Waals surface area (Å²) in [6.07, 6.45) is 3.14. The van der Waals surface area contributed by atoms with E-state index in [0.717, 1.165) is 64.0 Å². The van der Waals surface area contributed by atoms with Gasteiger partial charge in [0.2, 0.25) is 5.91 Å². The van der Waals surface area contributed by atoms with Crippen LogP contribution in [0.3, 0.4) is 0 Å². The van der Waals surface area contributed by atoms with Crippen LogP contribution in [-0.4, -0.2) is 60.6 Å². The smallest absolute Gasteiger partial charge is 0.223 e. The molecule has 7 heteroatoms. The van der Waals surface area contributed by atoms with Crippen molar-refractivity contribution in [2.24, 2.45) is 0 Å². The predicted octanol–water partition coefficient (Wildman–Crippen LogP) is 6.28. The average Bonchev–Trinajstić information content (AvgIpc) is 3.41. The Kier molecular flexibility index (Phi) is 7.82. The zero-order valence-corrected chi connectivity index (χ0v) is 24.4. The lowest BCUT2D eigenvalue weighted by molar-refractivity contribution is -0.131. The van der Waals surface area contributed by atoms with E-state index in [-0.39, 0.29) is 5.91 Å². The number of rotatable bonds is 8. The molecule has 2 aromatic heterocycles. The van der Waals surface area contributed by atoms with Crippen LogP contribution in [-0.2, 0) is 11.2 Å². The molecular formula is C35H36N4O3. The van der Waals surface area contributed by atoms with Gasteiger partial charge in [-0.1, -0.05) is 54.1 Å². The number of amides is 1. The number of benzene rings is 3. The molecule has 214 valence electrons. The lowest BCUT2D eigenvalue weighted by Gasteiger charge is -2.36. The first-order chi connectivity index (χ1) is 20.5. The van der Waals surface area contributed by atoms with Gasteiger partial charge in [-0.2, -0.15) is 0 Å². The van der Waals surface area contributed by atoms with E-state index in [9.17, 15) is 4.79 Å². The Balaban J connectivity index is 1.26. The normalized spacial score (nSPS) is 13.4. The van der Waals surface area contributed by atoms with Crippen LogP contribution in [0.4, 0.5) is 5.69 Å². The number of aromatic nitrogens is 2. The summed E-state index contributed by atoms with van der Waals surface area (Å²) in [4.78, 5) is 22.8. The maximum Gasteiger partial charge on any atom is 0.223 e. The van der Waals surface area contributed by atoms with Crippen molar-refractivity contribution >= 4 is 17.2 Å². The van der Waals surface area contributed by atoms with Gasteiger partial charge in [0.05, 0.1) is 31.3 Å². The first-order valence-corrected chi connectivity index (χ1v) is 14.4. The monoisotopic (exact) mass is 560 g/mol. The molecule has 1 aliphatic heterocycles. The summed E-state index contributed by atoms with van der Waals surface area (Å²) < 4.78 is 13.2. The molecule has 5 aromatic rings. The number of methoxy groups -OCH3 is 2. The summed E-state index contributed by atoms with van der Waals surface area (Å²) >= 11 is 0. The third-order valence-corrected chi connectivity index (χ3v) is 8.05. The van der Waals surface area contributed by atoms with Crippen LogP contribution in [0.1, 0.15) is 17.7 Å². The number of imidazole rings is 1. The third kappa shape index (κ3) is 5.55. The van der Waals surface area contributed by atoms with Gasteiger partial charge in [0.1, 0.15) is 17.1 Å². The minimum Gasteiger partial charge on any atom is -0.497 e. The van der Waals surface area contributed by atoms with E-state index in [0.29, 0.717) is 25.9 Å². The fraction of sp³-hybridized carbons (Fsp3) is 0.257. The van der Waals surface area contributed by atoms with Crippen LogP contribution in [0.25, 0.3) is 28.0 Å². The number of pyridine rings is 1. The summed E-state index contributed by atoms with van der Waals surface area (Å²) in [7, 11) is 3.37. The predicted molar refractivity (Wildman–Crippen MR) is 167 cm³/mol. The Morgan fingerprint density at radius 1 is 0.810 bits per heavy atom. The van der Waals surface area contributed by atoms with Gasteiger partial charge in [0, 0.05) is 44.4 Å². The van der Waals surface area contributed by atoms with Crippen molar-refractivity contribution in [1.29, 1.82) is 0 Å². The lowest BCUT2D eigenvalue weighted by atomic mass is 10.0. The van der Waals surface area contributed by atoms with Crippen LogP contribution in [0, 0.1) is 6.92 Å². The molecule has 0 N–H and O–H groups in total. The Morgan fingerprint density at radius 2 is 1.60 bits per heavy atom. The summed E-state index contributed by atoms with van der Waals surface area (Å²) in [6.45, 7) is 5.02. The summed E-state index contributed by atoms with van der Waals surface area (Å²) in [5, 5.41) is 0. The van der Waals surface area contributed by atoms with Crippen molar-refractivity contribution in [2.75, 3.05) is 45.3 Å². The number of aryl methyl sites for hydroxylation is 2. The van der Waals surface area contributed by atoms with Crippen LogP contribution >= 0.6 is 0 Å². The second kappa shape index (κ2) is 12.0. The number of nitrogens with zero attached hydrogens (tertiary/aromatic N) is 4. The largest absolute Gasteiger partial charge is 0.497 e. The van der Waals surface area contributed by atoms with Crippen molar-refractivity contribution in [2.45, 2.75) is 19.8 Å². The highest BCUT2D eigenvalue weighted by Gasteiger charge is 2.24. The van der Waals surface area contributed by atoms with E-state index in [1.165, 1.54) is 5.56 Å². The van der Waals surface area contributed by atoms with Crippen LogP contribution in [0.5, 0.6) is 11.5 Å². The fourth-order valence-corrected chi connectivity index (χ4v) is 5.80. The maximum atomic E-state index is 13.5. The molecule has 3 aromatic carbocycles. The van der Waals surface area contributed by atoms with Gasteiger partial charge in [-0.05, 0) is 60.9 Å². The highest BCUT2D eigenvalue weighted by molar-refractivity contribution is 5.78. The van der Waals surface area contributed by atoms with Crippen LogP contribution < -0.4 is 14.4 Å². The Hall–Kier alpha value is -4.78. The zero-order valence-electron chi connectivity index (χ0n) is 24.4. The van der Waals surface area contributed by atoms with E-state index in [1.807, 2.05) is 47.4 Å². The fourth-order valence-electron chi connectivity index (χ4n) is 5.80. The molecule has 0 bridgehead atoms. The quantitative estimate of drug-likeness (QED) is 0.224. The number of ether oxygens (including phenoxy) is 2. The third-order valence-electron chi connectivity index (χ3n) is 8.05. The summed E-state index contributed by atoms with van der Waals surface area (Å²) in [5.41, 5.74) is 8.29. The minimum absolute atomic E-state index is 0.163. The molecule has 0 atom stereocenters. The molecule has 1 aliphatic rings. The standard InChI is InChI=1S/C35H36N4O3/c1-25-8-6-9-26(22-25)28-14-16-33-36-35(27-10-7-11-29(23-27)41-2)31(39(33)24-28)15-17-34(40)38-20-18-37(19-21-38)30-12-4-5-13-32(30)42-3/h4-14,16,22-24H,15,17-21H2,1-3H3. The molecule has 42 heavy (non-hydrogen) atoms. The molecule has 6 rings (SSSR count). The van der Waals surface area contributed by atoms with Crippen LogP contribution in [0.15, 0.2) is 91.1 Å². The molecule has 0 unspecified atom stereocenters. The van der Waals surface area contributed by atoms with Gasteiger partial charge in [-0.25, -0.2) is 4.98 Å². The van der Waals surface area contributed by atoms with Crippen molar-refractivity contribution in [3.8, 4) is 33.9 Å². The molecule has 0 aliphatic carbocycles. The summed E-state index contributed by atoms with van der Waals surface area (Å²) in [6, 6.07) is 28.7. The molecule has 1 saturated heterocycles. The highest BCUT2D eigenvalue weighted by Crippen LogP contribution is 2.31. The van der Waals surface area contributed by atoms with Gasteiger partial charge in [0.15, 0.2) is 0 Å². The van der Waals surface area contributed by atoms with Crippen molar-refractivity contribution in [3.05, 3.63) is 102 Å². The van der Waals surface area contributed by atoms with Gasteiger partial charge < -0.3 is 23.7 Å². The molecule has 7 nitrogen and oxygen atoms in total. The number of hydrogen-bond acceptors (Lipinski definition) is 5. The topological polar surface area (TPSA) is 59.3 Å². The van der Waals surface area contributed by atoms with Crippen molar-refractivity contribution in [1.82, 2.24) is 14.3 Å². The van der Waals surface area contributed by atoms with E-state index in [2.05, 4.69) is 64.9 Å². The number of fused-ring (bicyclic) bond motifs is 1. The van der Waals surface area contributed by atoms with E-state index < -0.39 is 0 Å². The second-order valence-corrected chi connectivity index (χ2v) is 10.7. The first-order valence-electron chi connectivity index (χ1n) is 14.4. The highest BCUT2D eigenvalue weighted by atomic mass is 16.5. The minimum atomic E-state index is 0.163. The Labute approximate surface area is 246 Å². The molecule has 0 radical (unpaired) electrons. The van der Waals surface area contributed by atoms with Gasteiger partial charge in [-0.3, -0.25) is 4.79 Å². The molecule has 3 heterocycles. The summed E-state index contributed by atoms with van der Waals surface area (Å²) in [5.74, 6) is 1.80. The second-order valence-electron chi connectivity index (χ2n) is 10.7. The number of anilines is 1. The number of carbonyl (C=O) groups excluding carboxylic acids is 1. The average molecular weight is 561 g/mol. The van der Waals surface area contributed by atoms with Crippen molar-refractivity contribution < 1.29 is 14.3 Å². The van der Waals surface area contributed by atoms with Gasteiger partial charge in [-0.15, -0.1) is 0 Å². The molecule has 1 fully saturated rings. The SMILES string of the molecule is COc1cccc(-c2nc3ccc(-c4cccc(C)c4)cn3c2CCC(=O)N2CCN(c3ccccc3OC)CC2)c1. The molecule has 0 spiro atoms. The maximum absolute atomic E-state index is 13.5. The van der Waals surface area contributed by atoms with E-state index in [1.54, 1.807) is 14.2 Å². The number of hydrogen-bond donors (Lipinski definition) is 0. The van der Waals surface area contributed by atoms with Crippen molar-refractivity contribution in [3.63, 3.8) is 0 Å². The Morgan fingerprint density at radius 3 is 2.38 bits per heavy atom. The Bertz CT molecular complexity index is 1720. The van der Waals surface area contributed by atoms with E-state index in [4.69, 9.17) is 14.5 Å². The number of piperazine rings is 1. The van der Waals surface area contributed by atoms with E-state index >= 15 is 0 Å². The number of carbonyl (C=O) groups is 1. The van der Waals surface area contributed by atoms with Gasteiger partial charge in [0.25, 0.3) is 0 Å². The molecule has 1 amide bonds.